The molecule has 1 atom stereocenters. The number of nitrogens with zero attached hydrogens (tertiary/aromatic N) is 1. The SMILES string of the molecule is CC(C)C(NC(=O)c1ccc([N+](=O)[O-])cc1Cl)C(=O)NCc1cccc(NC(=O)C2CC2)c1. The summed E-state index contributed by atoms with van der Waals surface area (Å²) in [6.45, 7) is 3.79. The number of nitro benzene ring substituents is 1. The first-order chi connectivity index (χ1) is 15.7. The zero-order valence-corrected chi connectivity index (χ0v) is 19.0. The summed E-state index contributed by atoms with van der Waals surface area (Å²) in [4.78, 5) is 47.7. The normalized spacial score (nSPS) is 13.8. The molecule has 3 N–H and O–H groups in total. The van der Waals surface area contributed by atoms with E-state index in [4.69, 9.17) is 11.6 Å². The lowest BCUT2D eigenvalue weighted by molar-refractivity contribution is -0.384. The Kier molecular flexibility index (Phi) is 7.65. The number of nitrogens with one attached hydrogen (secondary N) is 3. The molecular weight excluding hydrogens is 448 g/mol. The molecule has 3 amide bonds. The number of carbonyl (C=O) groups is 3. The number of carbonyl (C=O) groups excluding carboxylic acids is 3. The van der Waals surface area contributed by atoms with E-state index in [9.17, 15) is 24.5 Å². The minimum absolute atomic E-state index is 0.00340. The first kappa shape index (κ1) is 24.2. The van der Waals surface area contributed by atoms with Crippen molar-refractivity contribution in [3.05, 3.63) is 68.7 Å². The topological polar surface area (TPSA) is 130 Å². The number of anilines is 1. The maximum atomic E-state index is 12.8. The van der Waals surface area contributed by atoms with E-state index in [0.29, 0.717) is 5.69 Å². The first-order valence-electron chi connectivity index (χ1n) is 10.6. The summed E-state index contributed by atoms with van der Waals surface area (Å²) in [5.41, 5.74) is 1.27. The van der Waals surface area contributed by atoms with Crippen LogP contribution in [-0.2, 0) is 16.1 Å². The Morgan fingerprint density at radius 3 is 2.48 bits per heavy atom. The quantitative estimate of drug-likeness (QED) is 0.378. The van der Waals surface area contributed by atoms with Gasteiger partial charge in [-0.05, 0) is 42.5 Å². The highest BCUT2D eigenvalue weighted by Crippen LogP contribution is 2.30. The van der Waals surface area contributed by atoms with Crippen molar-refractivity contribution in [2.45, 2.75) is 39.3 Å². The lowest BCUT2D eigenvalue weighted by Gasteiger charge is -2.22. The van der Waals surface area contributed by atoms with Crippen LogP contribution in [0, 0.1) is 22.0 Å². The zero-order valence-electron chi connectivity index (χ0n) is 18.3. The molecule has 0 saturated heterocycles. The molecule has 10 heteroatoms. The molecule has 9 nitrogen and oxygen atoms in total. The van der Waals surface area contributed by atoms with Gasteiger partial charge in [-0.3, -0.25) is 24.5 Å². The number of amides is 3. The molecule has 33 heavy (non-hydrogen) atoms. The maximum absolute atomic E-state index is 12.8. The standard InChI is InChI=1S/C23H25ClN4O5/c1-13(2)20(27-22(30)18-9-8-17(28(32)33)11-19(18)24)23(31)25-12-14-4-3-5-16(10-14)26-21(29)15-6-7-15/h3-5,8-11,13,15,20H,6-7,12H2,1-2H3,(H,25,31)(H,26,29)(H,27,30). The Morgan fingerprint density at radius 2 is 1.88 bits per heavy atom. The summed E-state index contributed by atoms with van der Waals surface area (Å²) >= 11 is 6.03. The van der Waals surface area contributed by atoms with Gasteiger partial charge in [0.1, 0.15) is 6.04 Å². The van der Waals surface area contributed by atoms with E-state index in [1.165, 1.54) is 12.1 Å². The van der Waals surface area contributed by atoms with Crippen molar-refractivity contribution < 1.29 is 19.3 Å². The van der Waals surface area contributed by atoms with Gasteiger partial charge in [-0.25, -0.2) is 0 Å². The van der Waals surface area contributed by atoms with Crippen molar-refractivity contribution in [2.24, 2.45) is 11.8 Å². The molecule has 0 radical (unpaired) electrons. The summed E-state index contributed by atoms with van der Waals surface area (Å²) in [6.07, 6.45) is 1.82. The van der Waals surface area contributed by atoms with E-state index in [2.05, 4.69) is 16.0 Å². The van der Waals surface area contributed by atoms with Gasteiger partial charge in [-0.1, -0.05) is 37.6 Å². The van der Waals surface area contributed by atoms with Crippen molar-refractivity contribution in [3.63, 3.8) is 0 Å². The molecular formula is C23H25ClN4O5. The van der Waals surface area contributed by atoms with Gasteiger partial charge in [0.15, 0.2) is 0 Å². The zero-order chi connectivity index (χ0) is 24.1. The Hall–Kier alpha value is -3.46. The van der Waals surface area contributed by atoms with Crippen LogP contribution in [0.5, 0.6) is 0 Å². The van der Waals surface area contributed by atoms with E-state index < -0.39 is 16.9 Å². The van der Waals surface area contributed by atoms with Gasteiger partial charge in [0.2, 0.25) is 11.8 Å². The third kappa shape index (κ3) is 6.52. The number of benzene rings is 2. The van der Waals surface area contributed by atoms with E-state index >= 15 is 0 Å². The Balaban J connectivity index is 1.61. The fraction of sp³-hybridized carbons (Fsp3) is 0.348. The maximum Gasteiger partial charge on any atom is 0.270 e. The monoisotopic (exact) mass is 472 g/mol. The van der Waals surface area contributed by atoms with Crippen LogP contribution in [-0.4, -0.2) is 28.7 Å². The molecule has 2 aromatic carbocycles. The molecule has 1 aliphatic carbocycles. The molecule has 1 fully saturated rings. The molecule has 0 aliphatic heterocycles. The number of rotatable bonds is 9. The van der Waals surface area contributed by atoms with Crippen LogP contribution in [0.1, 0.15) is 42.6 Å². The second-order valence-corrected chi connectivity index (χ2v) is 8.71. The van der Waals surface area contributed by atoms with Crippen LogP contribution in [0.4, 0.5) is 11.4 Å². The van der Waals surface area contributed by atoms with Gasteiger partial charge in [-0.15, -0.1) is 0 Å². The highest BCUT2D eigenvalue weighted by Gasteiger charge is 2.29. The molecule has 1 saturated carbocycles. The van der Waals surface area contributed by atoms with Crippen molar-refractivity contribution in [1.82, 2.24) is 10.6 Å². The van der Waals surface area contributed by atoms with Gasteiger partial charge < -0.3 is 16.0 Å². The summed E-state index contributed by atoms with van der Waals surface area (Å²) in [7, 11) is 0. The van der Waals surface area contributed by atoms with Gasteiger partial charge in [0.25, 0.3) is 11.6 Å². The minimum Gasteiger partial charge on any atom is -0.350 e. The summed E-state index contributed by atoms with van der Waals surface area (Å²) in [6, 6.07) is 9.88. The van der Waals surface area contributed by atoms with Gasteiger partial charge >= 0.3 is 0 Å². The summed E-state index contributed by atoms with van der Waals surface area (Å²) in [5.74, 6) is -1.12. The lowest BCUT2D eigenvalue weighted by Crippen LogP contribution is -2.49. The fourth-order valence-corrected chi connectivity index (χ4v) is 3.46. The number of non-ortho nitro benzene ring substituents is 1. The second kappa shape index (κ2) is 10.4. The average molecular weight is 473 g/mol. The summed E-state index contributed by atoms with van der Waals surface area (Å²) in [5, 5.41) is 19.1. The number of halogens is 1. The second-order valence-electron chi connectivity index (χ2n) is 8.30. The van der Waals surface area contributed by atoms with Crippen LogP contribution >= 0.6 is 11.6 Å². The molecule has 0 heterocycles. The molecule has 174 valence electrons. The number of hydrogen-bond acceptors (Lipinski definition) is 5. The predicted octanol–water partition coefficient (Wildman–Crippen LogP) is 3.67. The molecule has 2 aromatic rings. The minimum atomic E-state index is -0.846. The Bertz CT molecular complexity index is 1080. The smallest absolute Gasteiger partial charge is 0.270 e. The van der Waals surface area contributed by atoms with E-state index in [0.717, 1.165) is 24.5 Å². The van der Waals surface area contributed by atoms with Gasteiger partial charge in [-0.2, -0.15) is 0 Å². The van der Waals surface area contributed by atoms with Crippen molar-refractivity contribution in [2.75, 3.05) is 5.32 Å². The fourth-order valence-electron chi connectivity index (χ4n) is 3.20. The summed E-state index contributed by atoms with van der Waals surface area (Å²) < 4.78 is 0. The predicted molar refractivity (Wildman–Crippen MR) is 124 cm³/mol. The van der Waals surface area contributed by atoms with Crippen LogP contribution < -0.4 is 16.0 Å². The van der Waals surface area contributed by atoms with Crippen molar-refractivity contribution in [1.29, 1.82) is 0 Å². The lowest BCUT2D eigenvalue weighted by atomic mass is 10.0. The van der Waals surface area contributed by atoms with Crippen LogP contribution in [0.25, 0.3) is 0 Å². The van der Waals surface area contributed by atoms with Crippen molar-refractivity contribution in [3.8, 4) is 0 Å². The molecule has 1 aliphatic rings. The highest BCUT2D eigenvalue weighted by molar-refractivity contribution is 6.34. The first-order valence-corrected chi connectivity index (χ1v) is 11.0. The molecule has 0 bridgehead atoms. The average Bonchev–Trinajstić information content (AvgIpc) is 3.61. The largest absolute Gasteiger partial charge is 0.350 e. The third-order valence-corrected chi connectivity index (χ3v) is 5.57. The van der Waals surface area contributed by atoms with E-state index in [-0.39, 0.29) is 46.5 Å². The Labute approximate surface area is 196 Å². The third-order valence-electron chi connectivity index (χ3n) is 5.25. The van der Waals surface area contributed by atoms with Crippen molar-refractivity contribution >= 4 is 40.7 Å². The van der Waals surface area contributed by atoms with Gasteiger partial charge in [0, 0.05) is 30.3 Å². The molecule has 0 aromatic heterocycles. The van der Waals surface area contributed by atoms with Crippen LogP contribution in [0.3, 0.4) is 0 Å². The Morgan fingerprint density at radius 1 is 1.15 bits per heavy atom. The highest BCUT2D eigenvalue weighted by atomic mass is 35.5. The number of hydrogen-bond donors (Lipinski definition) is 3. The van der Waals surface area contributed by atoms with E-state index in [1.807, 2.05) is 6.07 Å². The van der Waals surface area contributed by atoms with Gasteiger partial charge in [0.05, 0.1) is 15.5 Å². The van der Waals surface area contributed by atoms with Crippen LogP contribution in [0.2, 0.25) is 5.02 Å². The van der Waals surface area contributed by atoms with E-state index in [1.54, 1.807) is 32.0 Å². The molecule has 1 unspecified atom stereocenters. The molecule has 3 rings (SSSR count). The molecule has 0 spiro atoms. The number of nitro groups is 1. The van der Waals surface area contributed by atoms with Crippen LogP contribution in [0.15, 0.2) is 42.5 Å².